The molecule has 2 atom stereocenters. The van der Waals surface area contributed by atoms with Crippen molar-refractivity contribution in [2.45, 2.75) is 39.2 Å². The van der Waals surface area contributed by atoms with Gasteiger partial charge in [0, 0.05) is 31.7 Å². The van der Waals surface area contributed by atoms with Gasteiger partial charge in [-0.2, -0.15) is 0 Å². The molecule has 7 heteroatoms. The predicted molar refractivity (Wildman–Crippen MR) is 101 cm³/mol. The number of carbonyl (C=O) groups is 2. The summed E-state index contributed by atoms with van der Waals surface area (Å²) in [6.45, 7) is 4.39. The summed E-state index contributed by atoms with van der Waals surface area (Å²) in [7, 11) is -1.39. The highest BCUT2D eigenvalue weighted by Gasteiger charge is 2.40. The van der Waals surface area contributed by atoms with Gasteiger partial charge in [-0.1, -0.05) is 25.1 Å². The molecular weight excluding hydrogens is 352 g/mol. The zero-order valence-corrected chi connectivity index (χ0v) is 16.4. The third kappa shape index (κ3) is 3.49. The summed E-state index contributed by atoms with van der Waals surface area (Å²) in [4.78, 5) is 28.8. The average Bonchev–Trinajstić information content (AvgIpc) is 3.15. The van der Waals surface area contributed by atoms with Crippen LogP contribution in [-0.4, -0.2) is 56.3 Å². The molecule has 2 fully saturated rings. The molecule has 26 heavy (non-hydrogen) atoms. The van der Waals surface area contributed by atoms with E-state index in [2.05, 4.69) is 6.92 Å². The number of anilines is 1. The molecule has 0 aliphatic carbocycles. The maximum absolute atomic E-state index is 12.9. The Hall–Kier alpha value is -1.89. The molecule has 3 rings (SSSR count). The van der Waals surface area contributed by atoms with Crippen LogP contribution >= 0.6 is 0 Å². The summed E-state index contributed by atoms with van der Waals surface area (Å²) in [5.74, 6) is -0.430. The van der Waals surface area contributed by atoms with Crippen molar-refractivity contribution >= 4 is 27.3 Å². The molecule has 0 bridgehead atoms. The SMILES string of the molecule is CCc1cccc(C)c1N1CC(C(=O)N(C)C2CCS(=O)(=O)C2)CC1=O. The molecule has 2 aliphatic heterocycles. The van der Waals surface area contributed by atoms with E-state index in [4.69, 9.17) is 0 Å². The number of hydrogen-bond acceptors (Lipinski definition) is 4. The molecule has 1 aromatic carbocycles. The summed E-state index contributed by atoms with van der Waals surface area (Å²) < 4.78 is 23.4. The highest BCUT2D eigenvalue weighted by Crippen LogP contribution is 2.32. The maximum atomic E-state index is 12.9. The van der Waals surface area contributed by atoms with Crippen LogP contribution in [0.4, 0.5) is 5.69 Å². The van der Waals surface area contributed by atoms with Crippen LogP contribution in [0.2, 0.25) is 0 Å². The summed E-state index contributed by atoms with van der Waals surface area (Å²) in [5.41, 5.74) is 3.05. The van der Waals surface area contributed by atoms with Crippen molar-refractivity contribution in [1.29, 1.82) is 0 Å². The van der Waals surface area contributed by atoms with E-state index in [1.165, 1.54) is 0 Å². The molecule has 2 saturated heterocycles. The normalized spacial score (nSPS) is 24.9. The Bertz CT molecular complexity index is 834. The van der Waals surface area contributed by atoms with Crippen molar-refractivity contribution in [3.8, 4) is 0 Å². The van der Waals surface area contributed by atoms with E-state index in [0.717, 1.165) is 23.2 Å². The minimum absolute atomic E-state index is 0.0252. The van der Waals surface area contributed by atoms with E-state index in [9.17, 15) is 18.0 Å². The fraction of sp³-hybridized carbons (Fsp3) is 0.579. The summed E-state index contributed by atoms with van der Waals surface area (Å²) in [6, 6.07) is 5.70. The van der Waals surface area contributed by atoms with Gasteiger partial charge in [-0.15, -0.1) is 0 Å². The molecule has 2 amide bonds. The van der Waals surface area contributed by atoms with Crippen LogP contribution in [0, 0.1) is 12.8 Å². The molecule has 1 aromatic rings. The lowest BCUT2D eigenvalue weighted by atomic mass is 10.0. The number of rotatable bonds is 4. The molecule has 2 heterocycles. The van der Waals surface area contributed by atoms with E-state index in [1.807, 2.05) is 25.1 Å². The van der Waals surface area contributed by atoms with E-state index in [1.54, 1.807) is 16.8 Å². The Morgan fingerprint density at radius 2 is 2.08 bits per heavy atom. The van der Waals surface area contributed by atoms with Gasteiger partial charge in [-0.25, -0.2) is 8.42 Å². The summed E-state index contributed by atoms with van der Waals surface area (Å²) in [6.07, 6.45) is 1.48. The van der Waals surface area contributed by atoms with Gasteiger partial charge >= 0.3 is 0 Å². The summed E-state index contributed by atoms with van der Waals surface area (Å²) in [5, 5.41) is 0. The largest absolute Gasteiger partial charge is 0.341 e. The Balaban J connectivity index is 1.77. The number of amides is 2. The Kier molecular flexibility index (Phi) is 5.10. The number of carbonyl (C=O) groups excluding carboxylic acids is 2. The van der Waals surface area contributed by atoms with E-state index >= 15 is 0 Å². The first kappa shape index (κ1) is 18.9. The van der Waals surface area contributed by atoms with Crippen LogP contribution in [-0.2, 0) is 25.8 Å². The zero-order chi connectivity index (χ0) is 19.1. The molecule has 0 aromatic heterocycles. The van der Waals surface area contributed by atoms with E-state index in [0.29, 0.717) is 13.0 Å². The van der Waals surface area contributed by atoms with Crippen LogP contribution < -0.4 is 4.90 Å². The highest BCUT2D eigenvalue weighted by atomic mass is 32.2. The molecule has 0 spiro atoms. The second kappa shape index (κ2) is 7.02. The third-order valence-electron chi connectivity index (χ3n) is 5.55. The fourth-order valence-electron chi connectivity index (χ4n) is 4.03. The molecule has 0 saturated carbocycles. The number of aryl methyl sites for hydroxylation is 2. The highest BCUT2D eigenvalue weighted by molar-refractivity contribution is 7.91. The van der Waals surface area contributed by atoms with Gasteiger partial charge < -0.3 is 9.80 Å². The lowest BCUT2D eigenvalue weighted by Gasteiger charge is -2.27. The van der Waals surface area contributed by atoms with Crippen molar-refractivity contribution in [3.05, 3.63) is 29.3 Å². The van der Waals surface area contributed by atoms with Crippen LogP contribution in [0.3, 0.4) is 0 Å². The van der Waals surface area contributed by atoms with Crippen LogP contribution in [0.5, 0.6) is 0 Å². The lowest BCUT2D eigenvalue weighted by Crippen LogP contribution is -2.42. The molecule has 0 N–H and O–H groups in total. The van der Waals surface area contributed by atoms with Crippen LogP contribution in [0.25, 0.3) is 0 Å². The van der Waals surface area contributed by atoms with Crippen molar-refractivity contribution in [3.63, 3.8) is 0 Å². The molecule has 6 nitrogen and oxygen atoms in total. The topological polar surface area (TPSA) is 74.8 Å². The second-order valence-corrected chi connectivity index (χ2v) is 9.58. The van der Waals surface area contributed by atoms with Crippen molar-refractivity contribution < 1.29 is 18.0 Å². The molecule has 2 aliphatic rings. The van der Waals surface area contributed by atoms with Crippen LogP contribution in [0.1, 0.15) is 30.9 Å². The van der Waals surface area contributed by atoms with E-state index < -0.39 is 15.8 Å². The standard InChI is InChI=1S/C19H26N2O4S/c1-4-14-7-5-6-13(2)18(14)21-11-15(10-17(21)22)19(23)20(3)16-8-9-26(24,25)12-16/h5-7,15-16H,4,8-12H2,1-3H3. The molecule has 2 unspecified atom stereocenters. The Labute approximate surface area is 155 Å². The Morgan fingerprint density at radius 3 is 2.69 bits per heavy atom. The minimum atomic E-state index is -3.05. The quantitative estimate of drug-likeness (QED) is 0.797. The van der Waals surface area contributed by atoms with Gasteiger partial charge in [0.05, 0.1) is 17.4 Å². The fourth-order valence-corrected chi connectivity index (χ4v) is 5.80. The monoisotopic (exact) mass is 378 g/mol. The van der Waals surface area contributed by atoms with Crippen molar-refractivity contribution in [1.82, 2.24) is 4.90 Å². The first-order chi connectivity index (χ1) is 12.2. The number of nitrogens with zero attached hydrogens (tertiary/aromatic N) is 2. The number of sulfone groups is 1. The van der Waals surface area contributed by atoms with Gasteiger partial charge in [0.15, 0.2) is 9.84 Å². The van der Waals surface area contributed by atoms with Gasteiger partial charge in [0.25, 0.3) is 0 Å². The predicted octanol–water partition coefficient (Wildman–Crippen LogP) is 1.56. The van der Waals surface area contributed by atoms with Gasteiger partial charge in [-0.3, -0.25) is 9.59 Å². The molecule has 142 valence electrons. The van der Waals surface area contributed by atoms with Crippen LogP contribution in [0.15, 0.2) is 18.2 Å². The lowest BCUT2D eigenvalue weighted by molar-refractivity contribution is -0.136. The van der Waals surface area contributed by atoms with Crippen molar-refractivity contribution in [2.24, 2.45) is 5.92 Å². The zero-order valence-electron chi connectivity index (χ0n) is 15.6. The molecular formula is C19H26N2O4S. The number of hydrogen-bond donors (Lipinski definition) is 0. The third-order valence-corrected chi connectivity index (χ3v) is 7.30. The van der Waals surface area contributed by atoms with Gasteiger partial charge in [0.1, 0.15) is 0 Å². The van der Waals surface area contributed by atoms with Gasteiger partial charge in [-0.05, 0) is 30.9 Å². The first-order valence-corrected chi connectivity index (χ1v) is 10.9. The van der Waals surface area contributed by atoms with Gasteiger partial charge in [0.2, 0.25) is 11.8 Å². The van der Waals surface area contributed by atoms with E-state index in [-0.39, 0.29) is 35.8 Å². The minimum Gasteiger partial charge on any atom is -0.341 e. The Morgan fingerprint density at radius 1 is 1.35 bits per heavy atom. The second-order valence-electron chi connectivity index (χ2n) is 7.35. The average molecular weight is 378 g/mol. The number of para-hydroxylation sites is 1. The summed E-state index contributed by atoms with van der Waals surface area (Å²) >= 11 is 0. The smallest absolute Gasteiger partial charge is 0.228 e. The molecule has 0 radical (unpaired) electrons. The first-order valence-electron chi connectivity index (χ1n) is 9.09. The number of benzene rings is 1. The van der Waals surface area contributed by atoms with Crippen molar-refractivity contribution in [2.75, 3.05) is 30.0 Å². The maximum Gasteiger partial charge on any atom is 0.228 e.